The molecule has 1 aliphatic heterocycles. The second-order valence-electron chi connectivity index (χ2n) is 6.59. The Kier molecular flexibility index (Phi) is 3.93. The molecule has 4 heterocycles. The van der Waals surface area contributed by atoms with E-state index in [1.165, 1.54) is 17.3 Å². The lowest BCUT2D eigenvalue weighted by molar-refractivity contribution is 0.0625. The van der Waals surface area contributed by atoms with Gasteiger partial charge in [-0.1, -0.05) is 12.1 Å². The molecule has 0 bridgehead atoms. The number of aromatic nitrogens is 3. The number of furan rings is 1. The minimum Gasteiger partial charge on any atom is -0.455 e. The Labute approximate surface area is 161 Å². The molecule has 29 heavy (non-hydrogen) atoms. The lowest BCUT2D eigenvalue weighted by atomic mass is 9.99. The zero-order chi connectivity index (χ0) is 20.1. The summed E-state index contributed by atoms with van der Waals surface area (Å²) in [7, 11) is 0. The molecule has 1 amide bonds. The van der Waals surface area contributed by atoms with E-state index < -0.39 is 35.6 Å². The second kappa shape index (κ2) is 6.50. The quantitative estimate of drug-likeness (QED) is 0.560. The number of alkyl halides is 2. The smallest absolute Gasteiger partial charge is 0.292 e. The van der Waals surface area contributed by atoms with Crippen LogP contribution in [0.15, 0.2) is 45.8 Å². The molecule has 0 saturated carbocycles. The van der Waals surface area contributed by atoms with Crippen LogP contribution in [0.5, 0.6) is 0 Å². The topological polar surface area (TPSA) is 88.2 Å². The van der Waals surface area contributed by atoms with Gasteiger partial charge >= 0.3 is 0 Å². The number of nitrogens with one attached hydrogen (secondary N) is 1. The number of hydrogen-bond acceptors (Lipinski definition) is 5. The van der Waals surface area contributed by atoms with Crippen molar-refractivity contribution in [3.8, 4) is 0 Å². The summed E-state index contributed by atoms with van der Waals surface area (Å²) in [6, 6.07) is 5.27. The second-order valence-corrected chi connectivity index (χ2v) is 6.59. The van der Waals surface area contributed by atoms with Crippen LogP contribution in [0.4, 0.5) is 13.2 Å². The predicted molar refractivity (Wildman–Crippen MR) is 92.8 cm³/mol. The zero-order valence-electron chi connectivity index (χ0n) is 14.7. The first kappa shape index (κ1) is 17.5. The van der Waals surface area contributed by atoms with Crippen molar-refractivity contribution in [2.45, 2.75) is 18.9 Å². The summed E-state index contributed by atoms with van der Waals surface area (Å²) in [6.45, 7) is 0.196. The average Bonchev–Trinajstić information content (AvgIpc) is 3.44. The number of para-hydroxylation sites is 1. The van der Waals surface area contributed by atoms with E-state index >= 15 is 0 Å². The number of rotatable bonds is 3. The molecule has 0 aliphatic carbocycles. The van der Waals surface area contributed by atoms with Gasteiger partial charge in [-0.2, -0.15) is 0 Å². The Morgan fingerprint density at radius 3 is 2.97 bits per heavy atom. The summed E-state index contributed by atoms with van der Waals surface area (Å²) < 4.78 is 51.2. The van der Waals surface area contributed by atoms with Gasteiger partial charge in [0.1, 0.15) is 11.8 Å². The Hall–Kier alpha value is -3.56. The first-order chi connectivity index (χ1) is 14.0. The van der Waals surface area contributed by atoms with Crippen LogP contribution < -0.4 is 0 Å². The third-order valence-corrected chi connectivity index (χ3v) is 4.97. The van der Waals surface area contributed by atoms with Gasteiger partial charge in [0.25, 0.3) is 12.3 Å². The minimum atomic E-state index is -2.96. The predicted octanol–water partition coefficient (Wildman–Crippen LogP) is 4.01. The fourth-order valence-corrected chi connectivity index (χ4v) is 3.67. The van der Waals surface area contributed by atoms with Gasteiger partial charge < -0.3 is 18.7 Å². The Bertz CT molecular complexity index is 1210. The molecule has 0 fully saturated rings. The highest BCUT2D eigenvalue weighted by atomic mass is 19.3. The van der Waals surface area contributed by atoms with Crippen LogP contribution in [0.3, 0.4) is 0 Å². The van der Waals surface area contributed by atoms with Crippen molar-refractivity contribution in [1.29, 1.82) is 0 Å². The van der Waals surface area contributed by atoms with Crippen molar-refractivity contribution in [3.05, 3.63) is 71.4 Å². The number of oxazole rings is 1. The van der Waals surface area contributed by atoms with Gasteiger partial charge in [-0.25, -0.2) is 23.1 Å². The van der Waals surface area contributed by atoms with Gasteiger partial charge in [-0.15, -0.1) is 0 Å². The highest BCUT2D eigenvalue weighted by Gasteiger charge is 2.39. The molecule has 1 atom stereocenters. The fraction of sp³-hybridized carbons (Fsp3) is 0.211. The normalized spacial score (nSPS) is 16.6. The molecule has 7 nitrogen and oxygen atoms in total. The SMILES string of the molecule is O=C(c1ocnc1C(F)F)N1CCc2[nH]cnc2[C@H]1c1cc2cccc(F)c2o1. The lowest BCUT2D eigenvalue weighted by Crippen LogP contribution is -2.40. The maximum Gasteiger partial charge on any atom is 0.292 e. The molecule has 0 radical (unpaired) electrons. The molecular formula is C19H13F3N4O3. The number of amides is 1. The van der Waals surface area contributed by atoms with Crippen molar-refractivity contribution in [2.75, 3.05) is 6.54 Å². The monoisotopic (exact) mass is 402 g/mol. The molecule has 0 spiro atoms. The zero-order valence-corrected chi connectivity index (χ0v) is 14.7. The van der Waals surface area contributed by atoms with E-state index in [4.69, 9.17) is 8.83 Å². The van der Waals surface area contributed by atoms with Crippen LogP contribution >= 0.6 is 0 Å². The highest BCUT2D eigenvalue weighted by molar-refractivity contribution is 5.93. The Morgan fingerprint density at radius 2 is 2.17 bits per heavy atom. The molecular weight excluding hydrogens is 389 g/mol. The number of halogens is 3. The van der Waals surface area contributed by atoms with Gasteiger partial charge in [0, 0.05) is 24.0 Å². The summed E-state index contributed by atoms with van der Waals surface area (Å²) in [5.41, 5.74) is 0.608. The minimum absolute atomic E-state index is 0.0468. The third-order valence-electron chi connectivity index (χ3n) is 4.97. The third kappa shape index (κ3) is 2.71. The largest absolute Gasteiger partial charge is 0.455 e. The van der Waals surface area contributed by atoms with Crippen molar-refractivity contribution in [3.63, 3.8) is 0 Å². The summed E-state index contributed by atoms with van der Waals surface area (Å²) in [4.78, 5) is 25.2. The molecule has 148 valence electrons. The number of imidazole rings is 1. The van der Waals surface area contributed by atoms with Crippen molar-refractivity contribution < 1.29 is 26.8 Å². The molecule has 0 saturated heterocycles. The standard InChI is InChI=1S/C19H13F3N4O3/c20-10-3-1-2-9-6-12(29-16(9)10)15-13-11(23-7-24-13)4-5-26(15)19(27)17-14(18(21)22)25-8-28-17/h1-3,6-8,15,18H,4-5H2,(H,23,24)/t15-/m1/s1. The summed E-state index contributed by atoms with van der Waals surface area (Å²) in [5, 5.41) is 0.517. The molecule has 4 aromatic rings. The molecule has 0 unspecified atom stereocenters. The van der Waals surface area contributed by atoms with E-state index in [9.17, 15) is 18.0 Å². The molecule has 1 N–H and O–H groups in total. The molecule has 10 heteroatoms. The maximum atomic E-state index is 14.1. The number of carbonyl (C=O) groups is 1. The van der Waals surface area contributed by atoms with Crippen LogP contribution in [0.25, 0.3) is 11.0 Å². The highest BCUT2D eigenvalue weighted by Crippen LogP contribution is 2.38. The van der Waals surface area contributed by atoms with Gasteiger partial charge in [0.2, 0.25) is 5.76 Å². The molecule has 1 aliphatic rings. The van der Waals surface area contributed by atoms with E-state index in [1.807, 2.05) is 0 Å². The van der Waals surface area contributed by atoms with Gasteiger partial charge in [-0.3, -0.25) is 4.79 Å². The Morgan fingerprint density at radius 1 is 1.31 bits per heavy atom. The maximum absolute atomic E-state index is 14.1. The molecule has 1 aromatic carbocycles. The van der Waals surface area contributed by atoms with Crippen LogP contribution in [0.2, 0.25) is 0 Å². The van der Waals surface area contributed by atoms with E-state index in [-0.39, 0.29) is 17.9 Å². The lowest BCUT2D eigenvalue weighted by Gasteiger charge is -2.33. The van der Waals surface area contributed by atoms with Crippen LogP contribution in [-0.4, -0.2) is 32.3 Å². The van der Waals surface area contributed by atoms with Crippen LogP contribution in [0.1, 0.15) is 45.9 Å². The van der Waals surface area contributed by atoms with E-state index in [2.05, 4.69) is 15.0 Å². The summed E-state index contributed by atoms with van der Waals surface area (Å²) >= 11 is 0. The van der Waals surface area contributed by atoms with Crippen LogP contribution in [0, 0.1) is 5.82 Å². The number of H-pyrrole nitrogens is 1. The number of hydrogen-bond donors (Lipinski definition) is 1. The van der Waals surface area contributed by atoms with E-state index in [1.54, 1.807) is 18.2 Å². The van der Waals surface area contributed by atoms with Crippen LogP contribution in [-0.2, 0) is 6.42 Å². The van der Waals surface area contributed by atoms with E-state index in [0.29, 0.717) is 17.5 Å². The van der Waals surface area contributed by atoms with Crippen molar-refractivity contribution in [1.82, 2.24) is 19.9 Å². The molecule has 3 aromatic heterocycles. The van der Waals surface area contributed by atoms with Gasteiger partial charge in [-0.05, 0) is 12.1 Å². The first-order valence-corrected chi connectivity index (χ1v) is 8.77. The van der Waals surface area contributed by atoms with Crippen molar-refractivity contribution in [2.24, 2.45) is 0 Å². The average molecular weight is 402 g/mol. The Balaban J connectivity index is 1.63. The molecule has 5 rings (SSSR count). The summed E-state index contributed by atoms with van der Waals surface area (Å²) in [6.07, 6.45) is -0.236. The number of carbonyl (C=O) groups excluding carboxylic acids is 1. The number of fused-ring (bicyclic) bond motifs is 2. The van der Waals surface area contributed by atoms with E-state index in [0.717, 1.165) is 12.1 Å². The number of aromatic amines is 1. The van der Waals surface area contributed by atoms with Gasteiger partial charge in [0.05, 0.1) is 12.0 Å². The fourth-order valence-electron chi connectivity index (χ4n) is 3.67. The first-order valence-electron chi connectivity index (χ1n) is 8.77. The van der Waals surface area contributed by atoms with Crippen molar-refractivity contribution >= 4 is 16.9 Å². The summed E-state index contributed by atoms with van der Waals surface area (Å²) in [5.74, 6) is -1.58. The number of nitrogens with zero attached hydrogens (tertiary/aromatic N) is 3. The number of benzene rings is 1. The van der Waals surface area contributed by atoms with Gasteiger partial charge in [0.15, 0.2) is 23.5 Å².